The lowest BCUT2D eigenvalue weighted by atomic mass is 10.1. The maximum Gasteiger partial charge on any atom is 0.268 e. The van der Waals surface area contributed by atoms with Gasteiger partial charge >= 0.3 is 0 Å². The van der Waals surface area contributed by atoms with E-state index in [1.54, 1.807) is 14.0 Å². The Hall–Kier alpha value is -1.80. The molecule has 1 aromatic heterocycles. The third kappa shape index (κ3) is 5.59. The quantitative estimate of drug-likeness (QED) is 0.224. The summed E-state index contributed by atoms with van der Waals surface area (Å²) in [7, 11) is 1.60. The summed E-state index contributed by atoms with van der Waals surface area (Å²) in [5.41, 5.74) is 3.57. The van der Waals surface area contributed by atoms with Crippen molar-refractivity contribution in [3.8, 4) is 17.2 Å². The standard InChI is InChI=1S/C19H22Br2N4O2/c1-5-11(2)8-16(21)23-17(12(3)22)19-25-24-18(27-19)14-7-6-13(10-20)9-15(14)26-4/h6-9,16,22H,5,10H2,1-4H3/b11-8+,22-12?,23-17?. The molecule has 2 aromatic rings. The number of nitrogens with one attached hydrogen (secondary N) is 1. The molecule has 0 amide bonds. The van der Waals surface area contributed by atoms with Crippen LogP contribution in [0.4, 0.5) is 0 Å². The van der Waals surface area contributed by atoms with Crippen molar-refractivity contribution in [2.45, 2.75) is 37.5 Å². The van der Waals surface area contributed by atoms with E-state index in [4.69, 9.17) is 14.6 Å². The van der Waals surface area contributed by atoms with Crippen molar-refractivity contribution < 1.29 is 9.15 Å². The molecule has 0 spiro atoms. The van der Waals surface area contributed by atoms with E-state index in [9.17, 15) is 0 Å². The van der Waals surface area contributed by atoms with Gasteiger partial charge in [-0.1, -0.05) is 56.5 Å². The van der Waals surface area contributed by atoms with Crippen molar-refractivity contribution >= 4 is 43.3 Å². The molecule has 0 radical (unpaired) electrons. The molecule has 27 heavy (non-hydrogen) atoms. The van der Waals surface area contributed by atoms with Gasteiger partial charge in [0.05, 0.1) is 18.4 Å². The first kappa shape index (κ1) is 21.5. The average molecular weight is 498 g/mol. The average Bonchev–Trinajstić information content (AvgIpc) is 3.14. The molecule has 0 aliphatic carbocycles. The Kier molecular flexibility index (Phi) is 7.91. The van der Waals surface area contributed by atoms with Crippen molar-refractivity contribution in [2.24, 2.45) is 4.99 Å². The van der Waals surface area contributed by atoms with Crippen LogP contribution in [0.3, 0.4) is 0 Å². The Morgan fingerprint density at radius 1 is 1.37 bits per heavy atom. The molecule has 144 valence electrons. The van der Waals surface area contributed by atoms with Gasteiger partial charge in [-0.15, -0.1) is 10.2 Å². The predicted octanol–water partition coefficient (Wildman–Crippen LogP) is 5.55. The van der Waals surface area contributed by atoms with E-state index < -0.39 is 0 Å². The summed E-state index contributed by atoms with van der Waals surface area (Å²) >= 11 is 6.93. The lowest BCUT2D eigenvalue weighted by molar-refractivity contribution is 0.414. The maximum atomic E-state index is 8.03. The minimum Gasteiger partial charge on any atom is -0.496 e. The minimum atomic E-state index is -0.268. The van der Waals surface area contributed by atoms with Crippen LogP contribution in [0.1, 0.15) is 38.6 Å². The topological polar surface area (TPSA) is 84.4 Å². The zero-order chi connectivity index (χ0) is 20.0. The number of hydrogen-bond acceptors (Lipinski definition) is 6. The van der Waals surface area contributed by atoms with Crippen LogP contribution in [0.5, 0.6) is 5.75 Å². The second-order valence-corrected chi connectivity index (χ2v) is 7.42. The Morgan fingerprint density at radius 3 is 2.70 bits per heavy atom. The van der Waals surface area contributed by atoms with Crippen molar-refractivity contribution in [2.75, 3.05) is 7.11 Å². The third-order valence-corrected chi connectivity index (χ3v) is 4.98. The van der Waals surface area contributed by atoms with E-state index in [1.807, 2.05) is 31.2 Å². The van der Waals surface area contributed by atoms with Gasteiger partial charge in [-0.05, 0) is 38.0 Å². The van der Waals surface area contributed by atoms with E-state index >= 15 is 0 Å². The maximum absolute atomic E-state index is 8.03. The molecule has 0 saturated heterocycles. The molecule has 6 nitrogen and oxygen atoms in total. The molecule has 0 bridgehead atoms. The molecular formula is C19H22Br2N4O2. The number of ether oxygens (including phenoxy) is 1. The molecule has 0 aliphatic heterocycles. The Bertz CT molecular complexity index is 874. The molecule has 0 aliphatic rings. The first-order valence-corrected chi connectivity index (χ1v) is 10.4. The van der Waals surface area contributed by atoms with E-state index in [-0.39, 0.29) is 16.6 Å². The van der Waals surface area contributed by atoms with E-state index in [2.05, 4.69) is 54.0 Å². The normalized spacial score (nSPS) is 13.6. The van der Waals surface area contributed by atoms with Crippen molar-refractivity contribution in [1.82, 2.24) is 10.2 Å². The Balaban J connectivity index is 2.41. The number of methoxy groups -OCH3 is 1. The largest absolute Gasteiger partial charge is 0.496 e. The first-order chi connectivity index (χ1) is 12.9. The minimum absolute atomic E-state index is 0.205. The summed E-state index contributed by atoms with van der Waals surface area (Å²) < 4.78 is 11.3. The SMILES string of the molecule is CC/C(C)=C/C(Br)N=C(C(C)=N)c1nnc(-c2ccc(CBr)cc2OC)o1. The van der Waals surface area contributed by atoms with Crippen LogP contribution < -0.4 is 4.74 Å². The molecule has 0 fully saturated rings. The van der Waals surface area contributed by atoms with Gasteiger partial charge in [-0.3, -0.25) is 4.99 Å². The van der Waals surface area contributed by atoms with Gasteiger partial charge in [0.2, 0.25) is 0 Å². The number of aliphatic imine (C=N–C) groups is 1. The fourth-order valence-corrected chi connectivity index (χ4v) is 3.25. The number of alkyl halides is 2. The summed E-state index contributed by atoms with van der Waals surface area (Å²) in [6, 6.07) is 5.75. The lowest BCUT2D eigenvalue weighted by Gasteiger charge is -2.07. The highest BCUT2D eigenvalue weighted by Gasteiger charge is 2.19. The molecule has 1 N–H and O–H groups in total. The summed E-state index contributed by atoms with van der Waals surface area (Å²) in [6.07, 6.45) is 2.92. The van der Waals surface area contributed by atoms with Crippen LogP contribution in [-0.2, 0) is 5.33 Å². The number of allylic oxidation sites excluding steroid dienone is 1. The summed E-state index contributed by atoms with van der Waals surface area (Å²) in [5, 5.41) is 17.0. The van der Waals surface area contributed by atoms with E-state index in [0.29, 0.717) is 22.9 Å². The van der Waals surface area contributed by atoms with Gasteiger partial charge in [0.15, 0.2) is 0 Å². The fourth-order valence-electron chi connectivity index (χ4n) is 2.25. The van der Waals surface area contributed by atoms with Gasteiger partial charge in [0, 0.05) is 5.33 Å². The van der Waals surface area contributed by atoms with E-state index in [1.165, 1.54) is 5.57 Å². The van der Waals surface area contributed by atoms with Crippen LogP contribution >= 0.6 is 31.9 Å². The number of nitrogens with zero attached hydrogens (tertiary/aromatic N) is 3. The van der Waals surface area contributed by atoms with Crippen LogP contribution in [0.25, 0.3) is 11.5 Å². The third-order valence-electron chi connectivity index (χ3n) is 3.87. The van der Waals surface area contributed by atoms with Gasteiger partial charge in [-0.2, -0.15) is 0 Å². The summed E-state index contributed by atoms with van der Waals surface area (Å²) in [6.45, 7) is 5.76. The van der Waals surface area contributed by atoms with Crippen molar-refractivity contribution in [3.63, 3.8) is 0 Å². The lowest BCUT2D eigenvalue weighted by Crippen LogP contribution is -2.14. The molecular weight excluding hydrogens is 476 g/mol. The smallest absolute Gasteiger partial charge is 0.268 e. The molecule has 1 unspecified atom stereocenters. The summed E-state index contributed by atoms with van der Waals surface area (Å²) in [5.74, 6) is 1.17. The highest BCUT2D eigenvalue weighted by Crippen LogP contribution is 2.30. The Morgan fingerprint density at radius 2 is 2.11 bits per heavy atom. The number of halogens is 2. The molecule has 1 aromatic carbocycles. The fraction of sp³-hybridized carbons (Fsp3) is 0.368. The molecule has 2 rings (SSSR count). The number of benzene rings is 1. The molecule has 1 atom stereocenters. The van der Waals surface area contributed by atoms with Crippen LogP contribution in [0, 0.1) is 5.41 Å². The first-order valence-electron chi connectivity index (χ1n) is 8.41. The molecule has 1 heterocycles. The number of rotatable bonds is 8. The van der Waals surface area contributed by atoms with E-state index in [0.717, 1.165) is 17.3 Å². The summed E-state index contributed by atoms with van der Waals surface area (Å²) in [4.78, 5) is 4.24. The zero-order valence-electron chi connectivity index (χ0n) is 15.7. The monoisotopic (exact) mass is 496 g/mol. The molecule has 8 heteroatoms. The van der Waals surface area contributed by atoms with Gasteiger partial charge in [0.1, 0.15) is 16.4 Å². The predicted molar refractivity (Wildman–Crippen MR) is 116 cm³/mol. The van der Waals surface area contributed by atoms with Crippen molar-refractivity contribution in [3.05, 3.63) is 41.3 Å². The van der Waals surface area contributed by atoms with Crippen molar-refractivity contribution in [1.29, 1.82) is 5.41 Å². The van der Waals surface area contributed by atoms with Crippen LogP contribution in [0.2, 0.25) is 0 Å². The van der Waals surface area contributed by atoms with Crippen LogP contribution in [-0.4, -0.2) is 33.7 Å². The molecule has 0 saturated carbocycles. The zero-order valence-corrected chi connectivity index (χ0v) is 18.9. The Labute approximate surface area is 175 Å². The number of aromatic nitrogens is 2. The highest BCUT2D eigenvalue weighted by atomic mass is 79.9. The second kappa shape index (κ2) is 9.94. The highest BCUT2D eigenvalue weighted by molar-refractivity contribution is 9.09. The number of hydrogen-bond donors (Lipinski definition) is 1. The van der Waals surface area contributed by atoms with Gasteiger partial charge in [0.25, 0.3) is 11.8 Å². The van der Waals surface area contributed by atoms with Crippen LogP contribution in [0.15, 0.2) is 39.3 Å². The second-order valence-electron chi connectivity index (χ2n) is 5.92. The van der Waals surface area contributed by atoms with Gasteiger partial charge in [-0.25, -0.2) is 0 Å². The van der Waals surface area contributed by atoms with Gasteiger partial charge < -0.3 is 14.6 Å².